The first-order valence-corrected chi connectivity index (χ1v) is 2.86. The maximum absolute atomic E-state index is 9.54. The zero-order valence-corrected chi connectivity index (χ0v) is 5.88. The molecule has 0 aliphatic heterocycles. The van der Waals surface area contributed by atoms with E-state index in [0.29, 0.717) is 0 Å². The highest BCUT2D eigenvalue weighted by Gasteiger charge is 1.86. The van der Waals surface area contributed by atoms with Gasteiger partial charge < -0.3 is 10.4 Å². The Bertz CT molecular complexity index is 108. The van der Waals surface area contributed by atoms with E-state index in [1.165, 1.54) is 0 Å². The molecule has 0 rings (SSSR count). The first-order valence-electron chi connectivity index (χ1n) is 2.04. The highest BCUT2D eigenvalue weighted by Crippen LogP contribution is 1.50. The van der Waals surface area contributed by atoms with E-state index in [1.807, 2.05) is 0 Å². The van der Waals surface area contributed by atoms with Crippen LogP contribution in [-0.2, 0) is 16.4 Å². The fraction of sp³-hybridized carbons (Fsp3) is 0.667. The van der Waals surface area contributed by atoms with Crippen LogP contribution in [0.25, 0.3) is 0 Å². The zero-order chi connectivity index (χ0) is 7.70. The molecular formula is C3H9NO4S. The highest BCUT2D eigenvalue weighted by atomic mass is 32.1. The lowest BCUT2D eigenvalue weighted by Gasteiger charge is -1.84. The molecule has 2 N–H and O–H groups in total. The van der Waals surface area contributed by atoms with Gasteiger partial charge in [0.1, 0.15) is 11.6 Å². The Kier molecular flexibility index (Phi) is 12.9. The first-order chi connectivity index (χ1) is 4.18. The Morgan fingerprint density at radius 2 is 2.00 bits per heavy atom. The van der Waals surface area contributed by atoms with E-state index < -0.39 is 17.5 Å². The molecule has 0 bridgehead atoms. The van der Waals surface area contributed by atoms with Gasteiger partial charge in [-0.1, -0.05) is 0 Å². The fourth-order valence-electron chi connectivity index (χ4n) is 0.151. The van der Waals surface area contributed by atoms with Crippen LogP contribution in [0, 0.1) is 0 Å². The number of likely N-dealkylation sites (N-methyl/N-ethyl adjacent to an activating group) is 1. The van der Waals surface area contributed by atoms with Gasteiger partial charge in [-0.2, -0.15) is 0 Å². The van der Waals surface area contributed by atoms with Crippen LogP contribution in [0.1, 0.15) is 0 Å². The molecule has 5 nitrogen and oxygen atoms in total. The number of aliphatic carboxylic acids is 1. The maximum Gasteiger partial charge on any atom is 0.317 e. The van der Waals surface area contributed by atoms with Crippen molar-refractivity contribution in [2.75, 3.05) is 13.6 Å². The van der Waals surface area contributed by atoms with E-state index >= 15 is 0 Å². The second kappa shape index (κ2) is 10.4. The maximum atomic E-state index is 9.54. The lowest BCUT2D eigenvalue weighted by atomic mass is 10.7. The summed E-state index contributed by atoms with van der Waals surface area (Å²) in [5.74, 6) is -0.822. The van der Waals surface area contributed by atoms with Crippen LogP contribution in [0.2, 0.25) is 0 Å². The lowest BCUT2D eigenvalue weighted by molar-refractivity contribution is -0.135. The van der Waals surface area contributed by atoms with Crippen molar-refractivity contribution < 1.29 is 18.3 Å². The number of carbonyl (C=O) groups is 1. The summed E-state index contributed by atoms with van der Waals surface area (Å²) < 4.78 is 16.8. The third-order valence-corrected chi connectivity index (χ3v) is 0.328. The molecule has 0 fully saturated rings. The highest BCUT2D eigenvalue weighted by molar-refractivity contribution is 7.51. The van der Waals surface area contributed by atoms with Crippen LogP contribution in [-0.4, -0.2) is 33.1 Å². The van der Waals surface area contributed by atoms with Crippen molar-refractivity contribution in [2.24, 2.45) is 0 Å². The van der Waals surface area contributed by atoms with Gasteiger partial charge in [-0.3, -0.25) is 4.79 Å². The van der Waals surface area contributed by atoms with E-state index in [2.05, 4.69) is 5.32 Å². The number of carboxylic acids is 1. The number of rotatable bonds is 2. The molecule has 0 spiro atoms. The van der Waals surface area contributed by atoms with Crippen LogP contribution >= 0.6 is 0 Å². The Morgan fingerprint density at radius 3 is 2.00 bits per heavy atom. The van der Waals surface area contributed by atoms with Crippen LogP contribution in [0.15, 0.2) is 0 Å². The summed E-state index contributed by atoms with van der Waals surface area (Å²) in [6.07, 6.45) is 0. The standard InChI is InChI=1S/C3H7NO2.H2O2S/c1-4-2-3(5)6;1-3-2/h4H,2H2,1H3,(H,5,6);3H2. The Morgan fingerprint density at radius 1 is 1.67 bits per heavy atom. The molecule has 0 saturated carbocycles. The molecule has 0 atom stereocenters. The molecule has 0 aromatic carbocycles. The van der Waals surface area contributed by atoms with E-state index in [-0.39, 0.29) is 6.54 Å². The minimum atomic E-state index is -1.42. The zero-order valence-electron chi connectivity index (χ0n) is 4.88. The number of carboxylic acid groups (broad SMARTS) is 1. The second-order valence-electron chi connectivity index (χ2n) is 1.01. The van der Waals surface area contributed by atoms with E-state index in [1.54, 1.807) is 7.05 Å². The molecule has 0 saturated heterocycles. The van der Waals surface area contributed by atoms with E-state index in [4.69, 9.17) is 13.5 Å². The van der Waals surface area contributed by atoms with Gasteiger partial charge in [0.2, 0.25) is 0 Å². The first kappa shape index (κ1) is 11.2. The topological polar surface area (TPSA) is 83.5 Å². The van der Waals surface area contributed by atoms with Gasteiger partial charge in [0.25, 0.3) is 0 Å². The molecule has 0 aromatic heterocycles. The number of hydrogen-bond donors (Lipinski definition) is 2. The van der Waals surface area contributed by atoms with E-state index in [9.17, 15) is 4.79 Å². The minimum Gasteiger partial charge on any atom is -0.480 e. The summed E-state index contributed by atoms with van der Waals surface area (Å²) >= 11 is -1.42. The predicted octanol–water partition coefficient (Wildman–Crippen LogP) is -1.92. The molecule has 0 aliphatic rings. The number of nitrogens with one attached hydrogen (secondary N) is 1. The van der Waals surface area contributed by atoms with Crippen LogP contribution in [0.5, 0.6) is 0 Å². The minimum absolute atomic E-state index is 0.0417. The van der Waals surface area contributed by atoms with Gasteiger partial charge in [0.15, 0.2) is 0 Å². The molecule has 9 heavy (non-hydrogen) atoms. The molecular weight excluding hydrogens is 146 g/mol. The van der Waals surface area contributed by atoms with Crippen molar-refractivity contribution in [3.63, 3.8) is 0 Å². The van der Waals surface area contributed by atoms with Crippen molar-refractivity contribution in [3.05, 3.63) is 0 Å². The average Bonchev–Trinajstić information content (AvgIpc) is 1.67. The number of hydrogen-bond acceptors (Lipinski definition) is 4. The third-order valence-electron chi connectivity index (χ3n) is 0.328. The second-order valence-corrected chi connectivity index (χ2v) is 1.17. The molecule has 0 aliphatic carbocycles. The smallest absolute Gasteiger partial charge is 0.317 e. The molecule has 56 valence electrons. The van der Waals surface area contributed by atoms with Crippen LogP contribution in [0.3, 0.4) is 0 Å². The van der Waals surface area contributed by atoms with Crippen molar-refractivity contribution >= 4 is 17.5 Å². The summed E-state index contributed by atoms with van der Waals surface area (Å²) in [6.45, 7) is 0.0417. The SMILES string of the molecule is CNCC(=O)O.O=[SH2]=O. The lowest BCUT2D eigenvalue weighted by Crippen LogP contribution is -2.16. The summed E-state index contributed by atoms with van der Waals surface area (Å²) in [4.78, 5) is 9.54. The summed E-state index contributed by atoms with van der Waals surface area (Å²) in [7, 11) is 1.59. The van der Waals surface area contributed by atoms with Crippen molar-refractivity contribution in [3.8, 4) is 0 Å². The van der Waals surface area contributed by atoms with Crippen LogP contribution < -0.4 is 5.32 Å². The molecule has 0 aromatic rings. The van der Waals surface area contributed by atoms with Gasteiger partial charge in [0.05, 0.1) is 6.54 Å². The van der Waals surface area contributed by atoms with Gasteiger partial charge in [-0.05, 0) is 7.05 Å². The largest absolute Gasteiger partial charge is 0.480 e. The van der Waals surface area contributed by atoms with Crippen LogP contribution in [0.4, 0.5) is 0 Å². The van der Waals surface area contributed by atoms with Gasteiger partial charge in [0, 0.05) is 0 Å². The molecule has 0 unspecified atom stereocenters. The van der Waals surface area contributed by atoms with Crippen molar-refractivity contribution in [2.45, 2.75) is 0 Å². The average molecular weight is 155 g/mol. The monoisotopic (exact) mass is 155 g/mol. The normalized spacial score (nSPS) is 7.22. The summed E-state index contributed by atoms with van der Waals surface area (Å²) in [6, 6.07) is 0. The quantitative estimate of drug-likeness (QED) is 0.486. The summed E-state index contributed by atoms with van der Waals surface area (Å²) in [5.41, 5.74) is 0. The molecule has 0 heterocycles. The van der Waals surface area contributed by atoms with Crippen molar-refractivity contribution in [1.29, 1.82) is 0 Å². The van der Waals surface area contributed by atoms with Crippen molar-refractivity contribution in [1.82, 2.24) is 5.32 Å². The molecule has 0 radical (unpaired) electrons. The Balaban J connectivity index is 0. The van der Waals surface area contributed by atoms with E-state index in [0.717, 1.165) is 0 Å². The van der Waals surface area contributed by atoms with Gasteiger partial charge >= 0.3 is 5.97 Å². The van der Waals surface area contributed by atoms with Gasteiger partial charge in [-0.15, -0.1) is 0 Å². The predicted molar refractivity (Wildman–Crippen MR) is 33.3 cm³/mol. The summed E-state index contributed by atoms with van der Waals surface area (Å²) in [5, 5.41) is 10.3. The Hall–Kier alpha value is -0.620. The Labute approximate surface area is 55.7 Å². The molecule has 6 heteroatoms. The third kappa shape index (κ3) is 37.7. The van der Waals surface area contributed by atoms with Gasteiger partial charge in [-0.25, -0.2) is 8.42 Å². The molecule has 0 amide bonds. The fourth-order valence-corrected chi connectivity index (χ4v) is 0.151.